The van der Waals surface area contributed by atoms with E-state index in [4.69, 9.17) is 4.74 Å². The minimum Gasteiger partial charge on any atom is -0.372 e. The van der Waals surface area contributed by atoms with Crippen LogP contribution >= 0.6 is 15.9 Å². The molecule has 1 saturated carbocycles. The molecule has 2 aliphatic rings. The number of aromatic amines is 1. The fourth-order valence-corrected chi connectivity index (χ4v) is 3.29. The van der Waals surface area contributed by atoms with Crippen LogP contribution in [0.4, 0.5) is 0 Å². The molecule has 1 aliphatic carbocycles. The molecule has 0 bridgehead atoms. The maximum absolute atomic E-state index is 12.5. The van der Waals surface area contributed by atoms with E-state index in [9.17, 15) is 4.79 Å². The van der Waals surface area contributed by atoms with Gasteiger partial charge in [-0.25, -0.2) is 0 Å². The fraction of sp³-hybridized carbons (Fsp3) is 0.692. The van der Waals surface area contributed by atoms with Crippen molar-refractivity contribution in [3.8, 4) is 0 Å². The van der Waals surface area contributed by atoms with E-state index in [0.717, 1.165) is 10.2 Å². The van der Waals surface area contributed by atoms with Crippen molar-refractivity contribution in [2.45, 2.75) is 44.8 Å². The van der Waals surface area contributed by atoms with Crippen LogP contribution in [0, 0.1) is 0 Å². The maximum Gasteiger partial charge on any atom is 0.275 e. The summed E-state index contributed by atoms with van der Waals surface area (Å²) in [5.41, 5.74) is 1.57. The van der Waals surface area contributed by atoms with E-state index >= 15 is 0 Å². The predicted molar refractivity (Wildman–Crippen MR) is 74.2 cm³/mol. The largest absolute Gasteiger partial charge is 0.372 e. The number of nitrogens with zero attached hydrogens (tertiary/aromatic N) is 2. The van der Waals surface area contributed by atoms with Gasteiger partial charge in [0.25, 0.3) is 5.91 Å². The lowest BCUT2D eigenvalue weighted by Crippen LogP contribution is -2.48. The number of aromatic nitrogens is 2. The number of amides is 1. The topological polar surface area (TPSA) is 58.2 Å². The van der Waals surface area contributed by atoms with Gasteiger partial charge in [-0.05, 0) is 42.6 Å². The van der Waals surface area contributed by atoms with E-state index in [2.05, 4.69) is 26.1 Å². The van der Waals surface area contributed by atoms with Crippen LogP contribution in [0.5, 0.6) is 0 Å². The maximum atomic E-state index is 12.5. The molecule has 0 spiro atoms. The van der Waals surface area contributed by atoms with Crippen molar-refractivity contribution in [2.75, 3.05) is 13.1 Å². The number of rotatable bonds is 2. The number of nitrogens with one attached hydrogen (secondary N) is 1. The Labute approximate surface area is 120 Å². The van der Waals surface area contributed by atoms with Gasteiger partial charge in [0, 0.05) is 19.0 Å². The standard InChI is InChI=1S/C13H18BrN3O2/c1-7-5-17(6-8(2)19-7)13(18)12-10(14)11(15-16-12)9-3-4-9/h7-9H,3-6H2,1-2H3,(H,15,16)/t7-,8-/m1/s1. The molecular formula is C13H18BrN3O2. The average Bonchev–Trinajstić information content (AvgIpc) is 3.11. The van der Waals surface area contributed by atoms with Gasteiger partial charge in [0.05, 0.1) is 22.4 Å². The lowest BCUT2D eigenvalue weighted by atomic mass is 10.2. The minimum absolute atomic E-state index is 0.0166. The molecule has 1 aromatic heterocycles. The third-order valence-corrected chi connectivity index (χ3v) is 4.43. The van der Waals surface area contributed by atoms with Crippen LogP contribution in [0.3, 0.4) is 0 Å². The zero-order chi connectivity index (χ0) is 13.6. The van der Waals surface area contributed by atoms with Crippen LogP contribution in [-0.4, -0.2) is 46.3 Å². The summed E-state index contributed by atoms with van der Waals surface area (Å²) in [5, 5.41) is 7.20. The lowest BCUT2D eigenvalue weighted by Gasteiger charge is -2.34. The number of ether oxygens (including phenoxy) is 1. The number of morpholine rings is 1. The SMILES string of the molecule is C[C@@H]1CN(C(=O)c2n[nH]c(C3CC3)c2Br)C[C@@H](C)O1. The molecule has 3 rings (SSSR count). The minimum atomic E-state index is -0.0166. The van der Waals surface area contributed by atoms with E-state index in [1.165, 1.54) is 12.8 Å². The first kappa shape index (κ1) is 13.1. The Morgan fingerprint density at radius 1 is 1.37 bits per heavy atom. The fourth-order valence-electron chi connectivity index (χ4n) is 2.62. The molecule has 6 heteroatoms. The molecule has 2 atom stereocenters. The Morgan fingerprint density at radius 3 is 2.58 bits per heavy atom. The second-order valence-corrected chi connectivity index (χ2v) is 6.33. The van der Waals surface area contributed by atoms with Gasteiger partial charge in [-0.15, -0.1) is 0 Å². The molecule has 104 valence electrons. The van der Waals surface area contributed by atoms with Crippen LogP contribution in [0.2, 0.25) is 0 Å². The summed E-state index contributed by atoms with van der Waals surface area (Å²) >= 11 is 3.52. The van der Waals surface area contributed by atoms with Crippen molar-refractivity contribution in [1.82, 2.24) is 15.1 Å². The zero-order valence-corrected chi connectivity index (χ0v) is 12.7. The highest BCUT2D eigenvalue weighted by Crippen LogP contribution is 2.43. The lowest BCUT2D eigenvalue weighted by molar-refractivity contribution is -0.0587. The van der Waals surface area contributed by atoms with Crippen molar-refractivity contribution in [2.24, 2.45) is 0 Å². The second-order valence-electron chi connectivity index (χ2n) is 5.54. The molecule has 1 saturated heterocycles. The van der Waals surface area contributed by atoms with Gasteiger partial charge in [-0.3, -0.25) is 9.89 Å². The van der Waals surface area contributed by atoms with Gasteiger partial charge in [0.2, 0.25) is 0 Å². The molecular weight excluding hydrogens is 310 g/mol. The Balaban J connectivity index is 1.79. The first-order valence-electron chi connectivity index (χ1n) is 6.74. The van der Waals surface area contributed by atoms with Gasteiger partial charge in [-0.2, -0.15) is 5.10 Å². The van der Waals surface area contributed by atoms with Crippen LogP contribution in [0.25, 0.3) is 0 Å². The van der Waals surface area contributed by atoms with Crippen LogP contribution < -0.4 is 0 Å². The highest BCUT2D eigenvalue weighted by atomic mass is 79.9. The summed E-state index contributed by atoms with van der Waals surface area (Å²) in [7, 11) is 0. The third-order valence-electron chi connectivity index (χ3n) is 3.63. The zero-order valence-electron chi connectivity index (χ0n) is 11.1. The van der Waals surface area contributed by atoms with Crippen LogP contribution in [0.1, 0.15) is 48.8 Å². The summed E-state index contributed by atoms with van der Waals surface area (Å²) in [5.74, 6) is 0.531. The average molecular weight is 328 g/mol. The molecule has 1 N–H and O–H groups in total. The molecule has 0 aromatic carbocycles. The molecule has 2 heterocycles. The number of hydrogen-bond donors (Lipinski definition) is 1. The Kier molecular flexibility index (Phi) is 3.39. The molecule has 2 fully saturated rings. The smallest absolute Gasteiger partial charge is 0.275 e. The van der Waals surface area contributed by atoms with Crippen LogP contribution in [-0.2, 0) is 4.74 Å². The Bertz CT molecular complexity index is 488. The number of carbonyl (C=O) groups is 1. The van der Waals surface area contributed by atoms with Gasteiger partial charge in [-0.1, -0.05) is 0 Å². The van der Waals surface area contributed by atoms with Crippen molar-refractivity contribution >= 4 is 21.8 Å². The van der Waals surface area contributed by atoms with Crippen LogP contribution in [0.15, 0.2) is 4.47 Å². The van der Waals surface area contributed by atoms with Crippen molar-refractivity contribution < 1.29 is 9.53 Å². The molecule has 19 heavy (non-hydrogen) atoms. The summed E-state index contributed by atoms with van der Waals surface area (Å²) in [6, 6.07) is 0. The van der Waals surface area contributed by atoms with E-state index in [1.54, 1.807) is 0 Å². The highest BCUT2D eigenvalue weighted by Gasteiger charge is 2.33. The first-order valence-corrected chi connectivity index (χ1v) is 7.54. The Hall–Kier alpha value is -0.880. The van der Waals surface area contributed by atoms with Gasteiger partial charge < -0.3 is 9.64 Å². The summed E-state index contributed by atoms with van der Waals surface area (Å²) < 4.78 is 6.49. The summed E-state index contributed by atoms with van der Waals surface area (Å²) in [4.78, 5) is 14.4. The van der Waals surface area contributed by atoms with Crippen molar-refractivity contribution in [3.05, 3.63) is 15.9 Å². The van der Waals surface area contributed by atoms with Gasteiger partial charge in [0.15, 0.2) is 5.69 Å². The highest BCUT2D eigenvalue weighted by molar-refractivity contribution is 9.10. The summed E-state index contributed by atoms with van der Waals surface area (Å²) in [6.07, 6.45) is 2.52. The number of carbonyl (C=O) groups excluding carboxylic acids is 1. The van der Waals surface area contributed by atoms with Crippen molar-refractivity contribution in [3.63, 3.8) is 0 Å². The molecule has 0 radical (unpaired) electrons. The van der Waals surface area contributed by atoms with E-state index in [1.807, 2.05) is 18.7 Å². The normalized spacial score (nSPS) is 27.6. The molecule has 1 amide bonds. The monoisotopic (exact) mass is 327 g/mol. The second kappa shape index (κ2) is 4.90. The predicted octanol–water partition coefficient (Wildman–Crippen LogP) is 2.30. The quantitative estimate of drug-likeness (QED) is 0.906. The molecule has 5 nitrogen and oxygen atoms in total. The summed E-state index contributed by atoms with van der Waals surface area (Å²) in [6.45, 7) is 5.23. The Morgan fingerprint density at radius 2 is 2.00 bits per heavy atom. The first-order chi connectivity index (χ1) is 9.06. The number of H-pyrrole nitrogens is 1. The number of halogens is 1. The van der Waals surface area contributed by atoms with Gasteiger partial charge >= 0.3 is 0 Å². The van der Waals surface area contributed by atoms with Crippen molar-refractivity contribution in [1.29, 1.82) is 0 Å². The van der Waals surface area contributed by atoms with Gasteiger partial charge in [0.1, 0.15) is 0 Å². The molecule has 0 unspecified atom stereocenters. The number of hydrogen-bond acceptors (Lipinski definition) is 3. The molecule has 1 aliphatic heterocycles. The molecule has 1 aromatic rings. The van der Waals surface area contributed by atoms with E-state index in [-0.39, 0.29) is 18.1 Å². The van der Waals surface area contributed by atoms with E-state index < -0.39 is 0 Å². The van der Waals surface area contributed by atoms with E-state index in [0.29, 0.717) is 24.7 Å². The third kappa shape index (κ3) is 2.56.